The molecule has 1 heterocycles. The topological polar surface area (TPSA) is 47.9 Å². The Balaban J connectivity index is 1.73. The fourth-order valence-corrected chi connectivity index (χ4v) is 2.36. The lowest BCUT2D eigenvalue weighted by molar-refractivity contribution is 0.112. The van der Waals surface area contributed by atoms with E-state index in [2.05, 4.69) is 6.08 Å². The molecule has 1 aliphatic carbocycles. The standard InChI is InChI=1S/C18H18O4/c1-20-15-9-7-14(8-10-15)18(19)17-12-21-11-16(22-17)13-5-3-2-4-6-13/h2-3,5,7-12,18-19H,4,6H2,1H3. The number of hydrogen-bond donors (Lipinski definition) is 1. The van der Waals surface area contributed by atoms with E-state index >= 15 is 0 Å². The molecule has 22 heavy (non-hydrogen) atoms. The summed E-state index contributed by atoms with van der Waals surface area (Å²) in [7, 11) is 1.61. The van der Waals surface area contributed by atoms with Crippen molar-refractivity contribution in [1.29, 1.82) is 0 Å². The Morgan fingerprint density at radius 1 is 1.18 bits per heavy atom. The van der Waals surface area contributed by atoms with Crippen LogP contribution in [0.2, 0.25) is 0 Å². The summed E-state index contributed by atoms with van der Waals surface area (Å²) in [5.41, 5.74) is 1.78. The van der Waals surface area contributed by atoms with Crippen LogP contribution in [0.1, 0.15) is 24.5 Å². The third-order valence-electron chi connectivity index (χ3n) is 3.62. The first-order valence-electron chi connectivity index (χ1n) is 7.19. The molecular formula is C18H18O4. The largest absolute Gasteiger partial charge is 0.497 e. The zero-order chi connectivity index (χ0) is 15.4. The van der Waals surface area contributed by atoms with Crippen LogP contribution in [-0.4, -0.2) is 12.2 Å². The van der Waals surface area contributed by atoms with Crippen LogP contribution >= 0.6 is 0 Å². The Hall–Kier alpha value is -2.46. The number of aliphatic hydroxyl groups is 1. The summed E-state index contributed by atoms with van der Waals surface area (Å²) in [6.45, 7) is 0. The highest BCUT2D eigenvalue weighted by Gasteiger charge is 2.22. The Kier molecular flexibility index (Phi) is 4.30. The maximum Gasteiger partial charge on any atom is 0.172 e. The van der Waals surface area contributed by atoms with E-state index < -0.39 is 6.10 Å². The molecule has 114 valence electrons. The summed E-state index contributed by atoms with van der Waals surface area (Å²) in [5.74, 6) is 1.76. The number of benzene rings is 1. The Bertz CT molecular complexity index is 650. The first-order valence-corrected chi connectivity index (χ1v) is 7.19. The van der Waals surface area contributed by atoms with Crippen LogP contribution in [0.3, 0.4) is 0 Å². The quantitative estimate of drug-likeness (QED) is 0.920. The summed E-state index contributed by atoms with van der Waals surface area (Å²) in [6, 6.07) is 7.20. The highest BCUT2D eigenvalue weighted by atomic mass is 16.6. The normalized spacial score (nSPS) is 18.4. The van der Waals surface area contributed by atoms with Gasteiger partial charge < -0.3 is 19.3 Å². The monoisotopic (exact) mass is 298 g/mol. The van der Waals surface area contributed by atoms with Gasteiger partial charge >= 0.3 is 0 Å². The fourth-order valence-electron chi connectivity index (χ4n) is 2.36. The summed E-state index contributed by atoms with van der Waals surface area (Å²) >= 11 is 0. The van der Waals surface area contributed by atoms with Crippen molar-refractivity contribution in [3.05, 3.63) is 77.7 Å². The average molecular weight is 298 g/mol. The highest BCUT2D eigenvalue weighted by molar-refractivity contribution is 5.35. The first kappa shape index (κ1) is 14.5. The van der Waals surface area contributed by atoms with Crippen LogP contribution in [0, 0.1) is 0 Å². The van der Waals surface area contributed by atoms with Gasteiger partial charge in [0.2, 0.25) is 0 Å². The molecule has 1 aliphatic heterocycles. The molecule has 1 unspecified atom stereocenters. The van der Waals surface area contributed by atoms with Gasteiger partial charge in [-0.2, -0.15) is 0 Å². The molecule has 1 atom stereocenters. The van der Waals surface area contributed by atoms with Crippen molar-refractivity contribution in [3.63, 3.8) is 0 Å². The lowest BCUT2D eigenvalue weighted by Gasteiger charge is -2.22. The van der Waals surface area contributed by atoms with Gasteiger partial charge in [-0.15, -0.1) is 0 Å². The molecule has 0 radical (unpaired) electrons. The highest BCUT2D eigenvalue weighted by Crippen LogP contribution is 2.32. The van der Waals surface area contributed by atoms with E-state index in [0.29, 0.717) is 11.5 Å². The molecule has 0 aromatic heterocycles. The van der Waals surface area contributed by atoms with Crippen molar-refractivity contribution < 1.29 is 19.3 Å². The van der Waals surface area contributed by atoms with Crippen LogP contribution in [0.25, 0.3) is 0 Å². The van der Waals surface area contributed by atoms with E-state index in [1.807, 2.05) is 12.2 Å². The molecular weight excluding hydrogens is 280 g/mol. The Labute approximate surface area is 129 Å². The number of hydrogen-bond acceptors (Lipinski definition) is 4. The van der Waals surface area contributed by atoms with Crippen molar-refractivity contribution in [2.24, 2.45) is 0 Å². The average Bonchev–Trinajstić information content (AvgIpc) is 2.62. The lowest BCUT2D eigenvalue weighted by Crippen LogP contribution is -2.10. The maximum absolute atomic E-state index is 10.5. The van der Waals surface area contributed by atoms with Crippen LogP contribution in [0.15, 0.2) is 72.1 Å². The van der Waals surface area contributed by atoms with Crippen LogP contribution < -0.4 is 4.74 Å². The minimum atomic E-state index is -0.880. The van der Waals surface area contributed by atoms with Gasteiger partial charge in [-0.05, 0) is 36.1 Å². The number of rotatable bonds is 4. The van der Waals surface area contributed by atoms with Gasteiger partial charge in [0.25, 0.3) is 0 Å². The molecule has 0 bridgehead atoms. The second kappa shape index (κ2) is 6.54. The maximum atomic E-state index is 10.5. The number of ether oxygens (including phenoxy) is 3. The summed E-state index contributed by atoms with van der Waals surface area (Å²) in [5, 5.41) is 10.5. The van der Waals surface area contributed by atoms with Gasteiger partial charge in [0.15, 0.2) is 11.5 Å². The second-order valence-corrected chi connectivity index (χ2v) is 5.07. The van der Waals surface area contributed by atoms with E-state index in [1.165, 1.54) is 6.26 Å². The molecule has 4 nitrogen and oxygen atoms in total. The summed E-state index contributed by atoms with van der Waals surface area (Å²) in [4.78, 5) is 0. The predicted octanol–water partition coefficient (Wildman–Crippen LogP) is 3.73. The number of aliphatic hydroxyl groups excluding tert-OH is 1. The van der Waals surface area contributed by atoms with E-state index in [1.54, 1.807) is 37.6 Å². The molecule has 4 heteroatoms. The summed E-state index contributed by atoms with van der Waals surface area (Å²) < 4.78 is 16.3. The van der Waals surface area contributed by atoms with Crippen molar-refractivity contribution >= 4 is 0 Å². The first-order chi connectivity index (χ1) is 10.8. The number of allylic oxidation sites excluding steroid dienone is 4. The molecule has 1 aromatic carbocycles. The Morgan fingerprint density at radius 2 is 2.00 bits per heavy atom. The minimum Gasteiger partial charge on any atom is -0.497 e. The molecule has 0 saturated heterocycles. The predicted molar refractivity (Wildman–Crippen MR) is 82.7 cm³/mol. The third-order valence-corrected chi connectivity index (χ3v) is 3.62. The van der Waals surface area contributed by atoms with Gasteiger partial charge in [0, 0.05) is 0 Å². The molecule has 2 aliphatic rings. The fraction of sp³-hybridized carbons (Fsp3) is 0.222. The van der Waals surface area contributed by atoms with E-state index in [0.717, 1.165) is 29.7 Å². The van der Waals surface area contributed by atoms with Crippen LogP contribution in [0.5, 0.6) is 5.75 Å². The molecule has 0 fully saturated rings. The van der Waals surface area contributed by atoms with Crippen molar-refractivity contribution in [2.45, 2.75) is 18.9 Å². The molecule has 0 amide bonds. The zero-order valence-electron chi connectivity index (χ0n) is 12.4. The molecule has 1 aromatic rings. The van der Waals surface area contributed by atoms with Crippen LogP contribution in [-0.2, 0) is 9.47 Å². The smallest absolute Gasteiger partial charge is 0.172 e. The van der Waals surface area contributed by atoms with Gasteiger partial charge in [-0.25, -0.2) is 0 Å². The van der Waals surface area contributed by atoms with Crippen LogP contribution in [0.4, 0.5) is 0 Å². The minimum absolute atomic E-state index is 0.373. The van der Waals surface area contributed by atoms with Crippen molar-refractivity contribution in [1.82, 2.24) is 0 Å². The zero-order valence-corrected chi connectivity index (χ0v) is 12.4. The van der Waals surface area contributed by atoms with Gasteiger partial charge in [0.05, 0.1) is 7.11 Å². The number of methoxy groups -OCH3 is 1. The summed E-state index contributed by atoms with van der Waals surface area (Å²) in [6.07, 6.45) is 10.1. The lowest BCUT2D eigenvalue weighted by atomic mass is 10.0. The van der Waals surface area contributed by atoms with Crippen molar-refractivity contribution in [2.75, 3.05) is 7.11 Å². The van der Waals surface area contributed by atoms with E-state index in [-0.39, 0.29) is 0 Å². The van der Waals surface area contributed by atoms with Gasteiger partial charge in [0.1, 0.15) is 24.4 Å². The third kappa shape index (κ3) is 3.07. The second-order valence-electron chi connectivity index (χ2n) is 5.07. The molecule has 0 saturated carbocycles. The molecule has 1 N–H and O–H groups in total. The SMILES string of the molecule is COc1ccc(C(O)C2=COC=C(C3=CC=CCC3)O2)cc1. The molecule has 3 rings (SSSR count). The van der Waals surface area contributed by atoms with Crippen molar-refractivity contribution in [3.8, 4) is 5.75 Å². The Morgan fingerprint density at radius 3 is 2.68 bits per heavy atom. The van der Waals surface area contributed by atoms with Gasteiger partial charge in [-0.1, -0.05) is 30.4 Å². The van der Waals surface area contributed by atoms with E-state index in [9.17, 15) is 5.11 Å². The molecule has 0 spiro atoms. The van der Waals surface area contributed by atoms with E-state index in [4.69, 9.17) is 14.2 Å². The van der Waals surface area contributed by atoms with Gasteiger partial charge in [-0.3, -0.25) is 0 Å².